The summed E-state index contributed by atoms with van der Waals surface area (Å²) in [5.41, 5.74) is -0.801. The van der Waals surface area contributed by atoms with E-state index in [0.29, 0.717) is 5.75 Å². The van der Waals surface area contributed by atoms with Crippen molar-refractivity contribution in [2.45, 2.75) is 44.1 Å². The fourth-order valence-electron chi connectivity index (χ4n) is 2.58. The molecule has 0 atom stereocenters. The van der Waals surface area contributed by atoms with E-state index >= 15 is 0 Å². The molecule has 5 heteroatoms. The van der Waals surface area contributed by atoms with Crippen molar-refractivity contribution in [3.8, 4) is 5.75 Å². The first-order valence-electron chi connectivity index (χ1n) is 7.45. The summed E-state index contributed by atoms with van der Waals surface area (Å²) >= 11 is 0. The number of halogens is 1. The normalized spacial score (nSPS) is 17.8. The molecule has 4 nitrogen and oxygen atoms in total. The van der Waals surface area contributed by atoms with Gasteiger partial charge in [-0.3, -0.25) is 4.79 Å². The van der Waals surface area contributed by atoms with Gasteiger partial charge in [0, 0.05) is 12.6 Å². The Labute approximate surface area is 124 Å². The molecule has 2 rings (SSSR count). The highest BCUT2D eigenvalue weighted by Crippen LogP contribution is 2.26. The number of amides is 1. The number of aliphatic hydroxyl groups is 1. The lowest BCUT2D eigenvalue weighted by molar-refractivity contribution is -0.124. The lowest BCUT2D eigenvalue weighted by atomic mass is 9.94. The number of carbonyl (C=O) groups is 1. The van der Waals surface area contributed by atoms with Gasteiger partial charge in [0.15, 0.2) is 6.61 Å². The molecule has 21 heavy (non-hydrogen) atoms. The highest BCUT2D eigenvalue weighted by Gasteiger charge is 2.28. The lowest BCUT2D eigenvalue weighted by Crippen LogP contribution is -2.44. The van der Waals surface area contributed by atoms with Crippen LogP contribution in [0.1, 0.15) is 38.5 Å². The molecular formula is C16H22FNO3. The third-order valence-corrected chi connectivity index (χ3v) is 3.81. The van der Waals surface area contributed by atoms with Crippen LogP contribution in [0.3, 0.4) is 0 Å². The van der Waals surface area contributed by atoms with Crippen LogP contribution in [-0.2, 0) is 4.79 Å². The third kappa shape index (κ3) is 5.34. The quantitative estimate of drug-likeness (QED) is 0.820. The summed E-state index contributed by atoms with van der Waals surface area (Å²) < 4.78 is 18.2. The van der Waals surface area contributed by atoms with Crippen molar-refractivity contribution in [3.63, 3.8) is 0 Å². The first-order valence-corrected chi connectivity index (χ1v) is 7.45. The molecule has 1 aliphatic carbocycles. The van der Waals surface area contributed by atoms with Crippen LogP contribution < -0.4 is 10.1 Å². The summed E-state index contributed by atoms with van der Waals surface area (Å²) in [6, 6.07) is 5.66. The van der Waals surface area contributed by atoms with E-state index in [1.54, 1.807) is 6.07 Å². The molecule has 2 N–H and O–H groups in total. The Morgan fingerprint density at radius 3 is 2.67 bits per heavy atom. The summed E-state index contributed by atoms with van der Waals surface area (Å²) in [7, 11) is 0. The monoisotopic (exact) mass is 295 g/mol. The molecular weight excluding hydrogens is 273 g/mol. The van der Waals surface area contributed by atoms with Crippen molar-refractivity contribution < 1.29 is 19.0 Å². The molecule has 1 fully saturated rings. The molecule has 0 heterocycles. The molecule has 1 aromatic rings. The predicted molar refractivity (Wildman–Crippen MR) is 77.6 cm³/mol. The van der Waals surface area contributed by atoms with Crippen LogP contribution >= 0.6 is 0 Å². The maximum absolute atomic E-state index is 13.0. The molecule has 0 bridgehead atoms. The number of hydrogen-bond donors (Lipinski definition) is 2. The second-order valence-electron chi connectivity index (χ2n) is 5.66. The summed E-state index contributed by atoms with van der Waals surface area (Å²) in [5, 5.41) is 13.1. The fraction of sp³-hybridized carbons (Fsp3) is 0.562. The lowest BCUT2D eigenvalue weighted by Gasteiger charge is -2.26. The van der Waals surface area contributed by atoms with E-state index in [4.69, 9.17) is 4.74 Å². The Morgan fingerprint density at radius 2 is 2.00 bits per heavy atom. The van der Waals surface area contributed by atoms with Gasteiger partial charge in [0.1, 0.15) is 11.6 Å². The summed E-state index contributed by atoms with van der Waals surface area (Å²) in [6.07, 6.45) is 5.70. The van der Waals surface area contributed by atoms with Gasteiger partial charge in [0.25, 0.3) is 5.91 Å². The molecule has 0 saturated heterocycles. The van der Waals surface area contributed by atoms with Gasteiger partial charge >= 0.3 is 0 Å². The Kier molecular flexibility index (Phi) is 5.56. The van der Waals surface area contributed by atoms with Crippen molar-refractivity contribution in [2.75, 3.05) is 13.2 Å². The zero-order valence-electron chi connectivity index (χ0n) is 12.1. The van der Waals surface area contributed by atoms with Crippen LogP contribution in [0, 0.1) is 5.82 Å². The zero-order valence-corrected chi connectivity index (χ0v) is 12.1. The van der Waals surface area contributed by atoms with Crippen LogP contribution in [0.2, 0.25) is 0 Å². The van der Waals surface area contributed by atoms with Gasteiger partial charge in [-0.1, -0.05) is 31.7 Å². The predicted octanol–water partition coefficient (Wildman–Crippen LogP) is 2.41. The van der Waals surface area contributed by atoms with E-state index in [2.05, 4.69) is 5.32 Å². The highest BCUT2D eigenvalue weighted by atomic mass is 19.1. The average molecular weight is 295 g/mol. The van der Waals surface area contributed by atoms with Crippen molar-refractivity contribution in [1.82, 2.24) is 5.32 Å². The number of nitrogens with one attached hydrogen (secondary N) is 1. The topological polar surface area (TPSA) is 58.6 Å². The second kappa shape index (κ2) is 7.41. The van der Waals surface area contributed by atoms with E-state index in [1.165, 1.54) is 18.2 Å². The maximum atomic E-state index is 13.0. The van der Waals surface area contributed by atoms with Crippen molar-refractivity contribution in [1.29, 1.82) is 0 Å². The zero-order chi connectivity index (χ0) is 15.1. The highest BCUT2D eigenvalue weighted by molar-refractivity contribution is 5.77. The number of rotatable bonds is 5. The average Bonchev–Trinajstić information content (AvgIpc) is 2.68. The molecule has 0 aromatic heterocycles. The minimum Gasteiger partial charge on any atom is -0.484 e. The van der Waals surface area contributed by atoms with E-state index in [0.717, 1.165) is 38.5 Å². The molecule has 116 valence electrons. The Bertz CT molecular complexity index is 470. The van der Waals surface area contributed by atoms with Gasteiger partial charge < -0.3 is 15.2 Å². The van der Waals surface area contributed by atoms with Gasteiger partial charge in [0.2, 0.25) is 0 Å². The molecule has 1 aliphatic rings. The van der Waals surface area contributed by atoms with Crippen LogP contribution in [0.5, 0.6) is 5.75 Å². The molecule has 0 radical (unpaired) electrons. The number of hydrogen-bond acceptors (Lipinski definition) is 3. The first-order chi connectivity index (χ1) is 10.1. The minimum atomic E-state index is -0.801. The smallest absolute Gasteiger partial charge is 0.258 e. The van der Waals surface area contributed by atoms with Gasteiger partial charge in [-0.25, -0.2) is 4.39 Å². The maximum Gasteiger partial charge on any atom is 0.258 e. The van der Waals surface area contributed by atoms with Crippen molar-refractivity contribution in [2.24, 2.45) is 0 Å². The van der Waals surface area contributed by atoms with Gasteiger partial charge in [-0.15, -0.1) is 0 Å². The van der Waals surface area contributed by atoms with Crippen LogP contribution in [0.4, 0.5) is 4.39 Å². The fourth-order valence-corrected chi connectivity index (χ4v) is 2.58. The van der Waals surface area contributed by atoms with Gasteiger partial charge in [-0.05, 0) is 25.0 Å². The Balaban J connectivity index is 1.74. The van der Waals surface area contributed by atoms with Gasteiger partial charge in [-0.2, -0.15) is 0 Å². The van der Waals surface area contributed by atoms with Crippen LogP contribution in [-0.4, -0.2) is 29.8 Å². The molecule has 1 aromatic carbocycles. The molecule has 1 amide bonds. The molecule has 0 unspecified atom stereocenters. The number of carbonyl (C=O) groups excluding carboxylic acids is 1. The number of ether oxygens (including phenoxy) is 1. The summed E-state index contributed by atoms with van der Waals surface area (Å²) in [5.74, 6) is -0.393. The molecule has 0 spiro atoms. The SMILES string of the molecule is O=C(COc1cccc(F)c1)NCC1(O)CCCCCC1. The summed E-state index contributed by atoms with van der Waals surface area (Å²) in [6.45, 7) is 0.0673. The van der Waals surface area contributed by atoms with E-state index < -0.39 is 11.4 Å². The Morgan fingerprint density at radius 1 is 1.29 bits per heavy atom. The van der Waals surface area contributed by atoms with Crippen molar-refractivity contribution in [3.05, 3.63) is 30.1 Å². The standard InChI is InChI=1S/C16H22FNO3/c17-13-6-5-7-14(10-13)21-11-15(19)18-12-16(20)8-3-1-2-4-9-16/h5-7,10,20H,1-4,8-9,11-12H2,(H,18,19). The van der Waals surface area contributed by atoms with E-state index in [9.17, 15) is 14.3 Å². The van der Waals surface area contributed by atoms with E-state index in [-0.39, 0.29) is 19.1 Å². The van der Waals surface area contributed by atoms with Gasteiger partial charge in [0.05, 0.1) is 5.60 Å². The first kappa shape index (κ1) is 15.8. The molecule has 0 aliphatic heterocycles. The largest absolute Gasteiger partial charge is 0.484 e. The second-order valence-corrected chi connectivity index (χ2v) is 5.66. The minimum absolute atomic E-state index is 0.181. The Hall–Kier alpha value is -1.62. The summed E-state index contributed by atoms with van der Waals surface area (Å²) in [4.78, 5) is 11.7. The van der Waals surface area contributed by atoms with Crippen molar-refractivity contribution >= 4 is 5.91 Å². The molecule has 1 saturated carbocycles. The third-order valence-electron chi connectivity index (χ3n) is 3.81. The van der Waals surface area contributed by atoms with Crippen LogP contribution in [0.25, 0.3) is 0 Å². The van der Waals surface area contributed by atoms with Crippen LogP contribution in [0.15, 0.2) is 24.3 Å². The van der Waals surface area contributed by atoms with E-state index in [1.807, 2.05) is 0 Å². The number of benzene rings is 1.